The number of hydrogen-bond acceptors (Lipinski definition) is 5. The van der Waals surface area contributed by atoms with Crippen LogP contribution >= 0.6 is 0 Å². The molecule has 7 nitrogen and oxygen atoms in total. The van der Waals surface area contributed by atoms with Crippen molar-refractivity contribution in [2.24, 2.45) is 10.9 Å². The Morgan fingerprint density at radius 1 is 1.14 bits per heavy atom. The minimum Gasteiger partial charge on any atom is -0.493 e. The topological polar surface area (TPSA) is 67.4 Å². The quantitative estimate of drug-likeness (QED) is 0.353. The van der Waals surface area contributed by atoms with Gasteiger partial charge < -0.3 is 24.8 Å². The van der Waals surface area contributed by atoms with Crippen molar-refractivity contribution in [1.82, 2.24) is 15.5 Å². The zero-order valence-electron chi connectivity index (χ0n) is 18.7. The Morgan fingerprint density at radius 3 is 2.48 bits per heavy atom. The number of rotatable bonds is 10. The first-order chi connectivity index (χ1) is 14.1. The standard InChI is InChI=1S/C22H38N4O3/c1-17(2)19(26-11-13-29-14-12-26)16-25-22(23-3)24-10-6-7-18-8-9-20(27-4)21(15-18)28-5/h8-9,15,17,19H,6-7,10-14,16H2,1-5H3,(H2,23,24,25). The van der Waals surface area contributed by atoms with Gasteiger partial charge in [0.15, 0.2) is 17.5 Å². The van der Waals surface area contributed by atoms with Gasteiger partial charge in [0.05, 0.1) is 27.4 Å². The lowest BCUT2D eigenvalue weighted by atomic mass is 10.0. The molecular formula is C22H38N4O3. The largest absolute Gasteiger partial charge is 0.493 e. The zero-order valence-corrected chi connectivity index (χ0v) is 18.7. The van der Waals surface area contributed by atoms with Crippen LogP contribution in [0.15, 0.2) is 23.2 Å². The molecule has 1 aromatic carbocycles. The van der Waals surface area contributed by atoms with E-state index < -0.39 is 0 Å². The highest BCUT2D eigenvalue weighted by molar-refractivity contribution is 5.79. The fourth-order valence-corrected chi connectivity index (χ4v) is 3.65. The van der Waals surface area contributed by atoms with Gasteiger partial charge in [0.2, 0.25) is 0 Å². The van der Waals surface area contributed by atoms with E-state index in [9.17, 15) is 0 Å². The number of nitrogens with one attached hydrogen (secondary N) is 2. The van der Waals surface area contributed by atoms with E-state index in [0.29, 0.717) is 12.0 Å². The molecule has 0 aliphatic carbocycles. The molecule has 0 radical (unpaired) electrons. The van der Waals surface area contributed by atoms with Gasteiger partial charge in [-0.05, 0) is 36.5 Å². The molecule has 1 fully saturated rings. The maximum Gasteiger partial charge on any atom is 0.191 e. The average molecular weight is 407 g/mol. The Morgan fingerprint density at radius 2 is 1.86 bits per heavy atom. The predicted octanol–water partition coefficient (Wildman–Crippen LogP) is 2.16. The second kappa shape index (κ2) is 12.5. The molecule has 1 aliphatic heterocycles. The van der Waals surface area contributed by atoms with Crippen LogP contribution in [0.3, 0.4) is 0 Å². The molecule has 1 aromatic rings. The summed E-state index contributed by atoms with van der Waals surface area (Å²) in [6, 6.07) is 6.56. The Balaban J connectivity index is 1.75. The SMILES string of the molecule is CN=C(NCCCc1ccc(OC)c(OC)c1)NCC(C(C)C)N1CCOCC1. The van der Waals surface area contributed by atoms with Crippen LogP contribution in [-0.4, -0.2) is 77.6 Å². The second-order valence-electron chi connectivity index (χ2n) is 7.63. The molecule has 1 aliphatic rings. The van der Waals surface area contributed by atoms with Gasteiger partial charge in [0.25, 0.3) is 0 Å². The first-order valence-electron chi connectivity index (χ1n) is 10.6. The molecule has 7 heteroatoms. The van der Waals surface area contributed by atoms with Crippen molar-refractivity contribution in [3.8, 4) is 11.5 Å². The highest BCUT2D eigenvalue weighted by Crippen LogP contribution is 2.27. The van der Waals surface area contributed by atoms with Crippen molar-refractivity contribution in [3.05, 3.63) is 23.8 Å². The van der Waals surface area contributed by atoms with Gasteiger partial charge in [-0.1, -0.05) is 19.9 Å². The van der Waals surface area contributed by atoms with Crippen LogP contribution in [0, 0.1) is 5.92 Å². The molecule has 29 heavy (non-hydrogen) atoms. The summed E-state index contributed by atoms with van der Waals surface area (Å²) in [7, 11) is 5.14. The molecule has 1 unspecified atom stereocenters. The lowest BCUT2D eigenvalue weighted by Gasteiger charge is -2.37. The van der Waals surface area contributed by atoms with Gasteiger partial charge in [-0.3, -0.25) is 9.89 Å². The van der Waals surface area contributed by atoms with E-state index in [-0.39, 0.29) is 0 Å². The van der Waals surface area contributed by atoms with Crippen molar-refractivity contribution in [1.29, 1.82) is 0 Å². The number of aryl methyl sites for hydroxylation is 1. The molecular weight excluding hydrogens is 368 g/mol. The summed E-state index contributed by atoms with van der Waals surface area (Å²) in [6.45, 7) is 9.95. The second-order valence-corrected chi connectivity index (χ2v) is 7.63. The van der Waals surface area contributed by atoms with Gasteiger partial charge in [-0.25, -0.2) is 0 Å². The lowest BCUT2D eigenvalue weighted by molar-refractivity contribution is 0.00752. The number of benzene rings is 1. The summed E-state index contributed by atoms with van der Waals surface area (Å²) in [4.78, 5) is 6.89. The normalized spacial score (nSPS) is 16.6. The number of guanidine groups is 1. The van der Waals surface area contributed by atoms with Crippen LogP contribution in [0.25, 0.3) is 0 Å². The molecule has 0 aromatic heterocycles. The number of hydrogen-bond donors (Lipinski definition) is 2. The summed E-state index contributed by atoms with van der Waals surface area (Å²) in [6.07, 6.45) is 1.97. The van der Waals surface area contributed by atoms with Crippen molar-refractivity contribution >= 4 is 5.96 Å². The fourth-order valence-electron chi connectivity index (χ4n) is 3.65. The first kappa shape index (κ1) is 23.3. The Bertz CT molecular complexity index is 630. The summed E-state index contributed by atoms with van der Waals surface area (Å²) in [5, 5.41) is 6.93. The molecule has 0 spiro atoms. The zero-order chi connectivity index (χ0) is 21.1. The molecule has 2 N–H and O–H groups in total. The van der Waals surface area contributed by atoms with E-state index in [1.807, 2.05) is 19.2 Å². The monoisotopic (exact) mass is 406 g/mol. The van der Waals surface area contributed by atoms with Crippen LogP contribution in [0.5, 0.6) is 11.5 Å². The third-order valence-corrected chi connectivity index (χ3v) is 5.37. The first-order valence-corrected chi connectivity index (χ1v) is 10.6. The molecule has 164 valence electrons. The molecule has 0 saturated carbocycles. The predicted molar refractivity (Wildman–Crippen MR) is 118 cm³/mol. The molecule has 0 bridgehead atoms. The van der Waals surface area contributed by atoms with E-state index in [0.717, 1.165) is 69.7 Å². The minimum absolute atomic E-state index is 0.476. The molecule has 2 rings (SSSR count). The van der Waals surface area contributed by atoms with Gasteiger partial charge in [0, 0.05) is 39.3 Å². The van der Waals surface area contributed by atoms with Crippen molar-refractivity contribution in [2.45, 2.75) is 32.7 Å². The summed E-state index contributed by atoms with van der Waals surface area (Å²) < 4.78 is 16.2. The van der Waals surface area contributed by atoms with Crippen molar-refractivity contribution in [3.63, 3.8) is 0 Å². The number of aliphatic imine (C=N–C) groups is 1. The third-order valence-electron chi connectivity index (χ3n) is 5.37. The Hall–Kier alpha value is -1.99. The maximum absolute atomic E-state index is 5.49. The number of methoxy groups -OCH3 is 2. The summed E-state index contributed by atoms with van der Waals surface area (Å²) >= 11 is 0. The van der Waals surface area contributed by atoms with E-state index >= 15 is 0 Å². The van der Waals surface area contributed by atoms with Crippen LogP contribution < -0.4 is 20.1 Å². The van der Waals surface area contributed by atoms with Gasteiger partial charge in [0.1, 0.15) is 0 Å². The molecule has 1 atom stereocenters. The number of morpholine rings is 1. The van der Waals surface area contributed by atoms with Crippen LogP contribution in [-0.2, 0) is 11.2 Å². The highest BCUT2D eigenvalue weighted by atomic mass is 16.5. The Labute approximate surface area is 175 Å². The summed E-state index contributed by atoms with van der Waals surface area (Å²) in [5.74, 6) is 2.97. The van der Waals surface area contributed by atoms with E-state index in [2.05, 4.69) is 40.4 Å². The molecule has 1 heterocycles. The Kier molecular flexibility index (Phi) is 10.1. The van der Waals surface area contributed by atoms with Crippen molar-refractivity contribution in [2.75, 3.05) is 60.7 Å². The van der Waals surface area contributed by atoms with E-state index in [1.165, 1.54) is 5.56 Å². The van der Waals surface area contributed by atoms with E-state index in [4.69, 9.17) is 14.2 Å². The minimum atomic E-state index is 0.476. The van der Waals surface area contributed by atoms with Gasteiger partial charge in [-0.2, -0.15) is 0 Å². The third kappa shape index (κ3) is 7.40. The highest BCUT2D eigenvalue weighted by Gasteiger charge is 2.23. The summed E-state index contributed by atoms with van der Waals surface area (Å²) in [5.41, 5.74) is 1.24. The van der Waals surface area contributed by atoms with E-state index in [1.54, 1.807) is 14.2 Å². The van der Waals surface area contributed by atoms with Crippen LogP contribution in [0.4, 0.5) is 0 Å². The van der Waals surface area contributed by atoms with Gasteiger partial charge >= 0.3 is 0 Å². The molecule has 0 amide bonds. The average Bonchev–Trinajstić information content (AvgIpc) is 2.75. The van der Waals surface area contributed by atoms with Gasteiger partial charge in [-0.15, -0.1) is 0 Å². The van der Waals surface area contributed by atoms with Crippen molar-refractivity contribution < 1.29 is 14.2 Å². The lowest BCUT2D eigenvalue weighted by Crippen LogP contribution is -2.52. The fraction of sp³-hybridized carbons (Fsp3) is 0.682. The molecule has 1 saturated heterocycles. The maximum atomic E-state index is 5.49. The van der Waals surface area contributed by atoms with Crippen LogP contribution in [0.1, 0.15) is 25.8 Å². The van der Waals surface area contributed by atoms with Crippen LogP contribution in [0.2, 0.25) is 0 Å². The number of nitrogens with zero attached hydrogens (tertiary/aromatic N) is 2. The number of ether oxygens (including phenoxy) is 3. The smallest absolute Gasteiger partial charge is 0.191 e.